The third kappa shape index (κ3) is 9.79. The fourth-order valence-electron chi connectivity index (χ4n) is 3.16. The van der Waals surface area contributed by atoms with Crippen LogP contribution in [-0.4, -0.2) is 23.5 Å². The van der Waals surface area contributed by atoms with Gasteiger partial charge in [0.25, 0.3) is 0 Å². The molecule has 148 valence electrons. The van der Waals surface area contributed by atoms with Crippen LogP contribution in [-0.2, 0) is 14.3 Å². The van der Waals surface area contributed by atoms with E-state index >= 15 is 0 Å². The van der Waals surface area contributed by atoms with Crippen LogP contribution in [0.4, 0.5) is 0 Å². The van der Waals surface area contributed by atoms with Crippen molar-refractivity contribution in [2.24, 2.45) is 0 Å². The number of aliphatic hydroxyl groups is 1. The third-order valence-electron chi connectivity index (χ3n) is 4.78. The Morgan fingerprint density at radius 2 is 1.42 bits per heavy atom. The number of rotatable bonds is 15. The van der Waals surface area contributed by atoms with E-state index in [1.165, 1.54) is 57.8 Å². The van der Waals surface area contributed by atoms with Gasteiger partial charge in [-0.25, -0.2) is 4.79 Å². The van der Waals surface area contributed by atoms with Crippen LogP contribution in [0.2, 0.25) is 0 Å². The lowest BCUT2D eigenvalue weighted by molar-refractivity contribution is -0.135. The van der Waals surface area contributed by atoms with Crippen LogP contribution in [0.15, 0.2) is 23.5 Å². The number of ether oxygens (including phenoxy) is 1. The zero-order valence-corrected chi connectivity index (χ0v) is 16.4. The molecule has 1 rings (SSSR count). The molecule has 0 atom stereocenters. The summed E-state index contributed by atoms with van der Waals surface area (Å²) in [6.07, 6.45) is 20.8. The van der Waals surface area contributed by atoms with Gasteiger partial charge in [-0.05, 0) is 32.1 Å². The summed E-state index contributed by atoms with van der Waals surface area (Å²) < 4.78 is 4.61. The van der Waals surface area contributed by atoms with Crippen LogP contribution in [0.3, 0.4) is 0 Å². The SMILES string of the molecule is CCCCCCCCCCC/C=C\CCCCC(O)=C1C(=O)COC1=O. The number of hydrogen-bond acceptors (Lipinski definition) is 4. The van der Waals surface area contributed by atoms with E-state index in [0.29, 0.717) is 6.42 Å². The number of carbonyl (C=O) groups is 2. The molecule has 1 aliphatic rings. The van der Waals surface area contributed by atoms with Gasteiger partial charge in [0.2, 0.25) is 5.78 Å². The highest BCUT2D eigenvalue weighted by atomic mass is 16.5. The number of aliphatic hydroxyl groups excluding tert-OH is 1. The molecule has 0 amide bonds. The van der Waals surface area contributed by atoms with Crippen molar-refractivity contribution in [1.29, 1.82) is 0 Å². The standard InChI is InChI=1S/C22H36O4/c1-2-3-4-5-6-7-8-9-10-11-12-13-14-15-16-17-19(23)21-20(24)18-26-22(21)25/h12-13,23H,2-11,14-18H2,1H3/b13-12-,21-19?. The maximum Gasteiger partial charge on any atom is 0.345 e. The molecule has 0 aromatic heterocycles. The summed E-state index contributed by atoms with van der Waals surface area (Å²) in [6.45, 7) is 2.02. The average Bonchev–Trinajstić information content (AvgIpc) is 2.96. The van der Waals surface area contributed by atoms with E-state index < -0.39 is 11.8 Å². The van der Waals surface area contributed by atoms with Gasteiger partial charge in [-0.2, -0.15) is 0 Å². The number of carbonyl (C=O) groups excluding carboxylic acids is 2. The van der Waals surface area contributed by atoms with Gasteiger partial charge in [0.05, 0.1) is 0 Å². The second-order valence-corrected chi connectivity index (χ2v) is 7.16. The summed E-state index contributed by atoms with van der Waals surface area (Å²) >= 11 is 0. The highest BCUT2D eigenvalue weighted by Crippen LogP contribution is 2.18. The van der Waals surface area contributed by atoms with Gasteiger partial charge in [-0.15, -0.1) is 0 Å². The van der Waals surface area contributed by atoms with E-state index in [1.54, 1.807) is 0 Å². The Hall–Kier alpha value is -1.58. The zero-order chi connectivity index (χ0) is 19.0. The normalized spacial score (nSPS) is 16.5. The lowest BCUT2D eigenvalue weighted by atomic mass is 10.1. The molecule has 0 aromatic carbocycles. The van der Waals surface area contributed by atoms with E-state index in [0.717, 1.165) is 25.7 Å². The van der Waals surface area contributed by atoms with Crippen LogP contribution in [0.1, 0.15) is 96.8 Å². The topological polar surface area (TPSA) is 63.6 Å². The van der Waals surface area contributed by atoms with Crippen LogP contribution in [0.5, 0.6) is 0 Å². The van der Waals surface area contributed by atoms with E-state index in [1.807, 2.05) is 0 Å². The van der Waals surface area contributed by atoms with Gasteiger partial charge in [0, 0.05) is 6.42 Å². The highest BCUT2D eigenvalue weighted by Gasteiger charge is 2.31. The molecule has 0 radical (unpaired) electrons. The predicted molar refractivity (Wildman–Crippen MR) is 105 cm³/mol. The molecular formula is C22H36O4. The van der Waals surface area contributed by atoms with Crippen LogP contribution < -0.4 is 0 Å². The van der Waals surface area contributed by atoms with Crippen molar-refractivity contribution in [1.82, 2.24) is 0 Å². The highest BCUT2D eigenvalue weighted by molar-refractivity contribution is 6.22. The van der Waals surface area contributed by atoms with Crippen LogP contribution in [0.25, 0.3) is 0 Å². The molecule has 4 nitrogen and oxygen atoms in total. The minimum atomic E-state index is -0.687. The first kappa shape index (κ1) is 22.5. The molecule has 0 saturated carbocycles. The maximum atomic E-state index is 11.4. The molecule has 1 heterocycles. The fraction of sp³-hybridized carbons (Fsp3) is 0.727. The number of hydrogen-bond donors (Lipinski definition) is 1. The maximum absolute atomic E-state index is 11.4. The first-order valence-electron chi connectivity index (χ1n) is 10.4. The van der Waals surface area contributed by atoms with Gasteiger partial charge in [0.15, 0.2) is 6.61 Å². The first-order valence-corrected chi connectivity index (χ1v) is 10.4. The molecule has 0 aromatic rings. The summed E-state index contributed by atoms with van der Waals surface area (Å²) in [4.78, 5) is 22.7. The summed E-state index contributed by atoms with van der Waals surface area (Å²) in [5, 5.41) is 9.83. The second kappa shape index (κ2) is 14.6. The Morgan fingerprint density at radius 3 is 1.96 bits per heavy atom. The Morgan fingerprint density at radius 1 is 0.885 bits per heavy atom. The monoisotopic (exact) mass is 364 g/mol. The molecule has 1 saturated heterocycles. The van der Waals surface area contributed by atoms with Crippen LogP contribution in [0, 0.1) is 0 Å². The molecule has 1 N–H and O–H groups in total. The van der Waals surface area contributed by atoms with Crippen molar-refractivity contribution in [2.45, 2.75) is 96.8 Å². The third-order valence-corrected chi connectivity index (χ3v) is 4.78. The molecule has 0 spiro atoms. The van der Waals surface area contributed by atoms with Gasteiger partial charge < -0.3 is 9.84 Å². The first-order chi connectivity index (χ1) is 12.7. The van der Waals surface area contributed by atoms with Crippen molar-refractivity contribution in [3.05, 3.63) is 23.5 Å². The van der Waals surface area contributed by atoms with E-state index in [4.69, 9.17) is 0 Å². The molecule has 0 unspecified atom stereocenters. The number of unbranched alkanes of at least 4 members (excludes halogenated alkanes) is 11. The van der Waals surface area contributed by atoms with E-state index in [2.05, 4.69) is 23.8 Å². The summed E-state index contributed by atoms with van der Waals surface area (Å²) in [5.74, 6) is -1.21. The summed E-state index contributed by atoms with van der Waals surface area (Å²) in [7, 11) is 0. The smallest absolute Gasteiger partial charge is 0.345 e. The number of Topliss-reactive ketones (excluding diaryl/α,β-unsaturated/α-hetero) is 1. The van der Waals surface area contributed by atoms with Gasteiger partial charge in [-0.1, -0.05) is 70.4 Å². The number of allylic oxidation sites excluding steroid dienone is 3. The predicted octanol–water partition coefficient (Wildman–Crippen LogP) is 5.96. The summed E-state index contributed by atoms with van der Waals surface area (Å²) in [6, 6.07) is 0. The van der Waals surface area contributed by atoms with Gasteiger partial charge in [0.1, 0.15) is 11.3 Å². The second-order valence-electron chi connectivity index (χ2n) is 7.16. The van der Waals surface area contributed by atoms with Crippen molar-refractivity contribution >= 4 is 11.8 Å². The number of cyclic esters (lactones) is 1. The number of ketones is 1. The largest absolute Gasteiger partial charge is 0.511 e. The van der Waals surface area contributed by atoms with Gasteiger partial charge in [-0.3, -0.25) is 4.79 Å². The summed E-state index contributed by atoms with van der Waals surface area (Å²) in [5.41, 5.74) is -0.147. The Labute approximate surface area is 158 Å². The fourth-order valence-corrected chi connectivity index (χ4v) is 3.16. The van der Waals surface area contributed by atoms with Crippen molar-refractivity contribution in [2.75, 3.05) is 6.61 Å². The molecule has 26 heavy (non-hydrogen) atoms. The Bertz CT molecular complexity index is 459. The van der Waals surface area contributed by atoms with E-state index in [9.17, 15) is 14.7 Å². The minimum Gasteiger partial charge on any atom is -0.511 e. The van der Waals surface area contributed by atoms with Crippen molar-refractivity contribution in [3.63, 3.8) is 0 Å². The number of esters is 1. The zero-order valence-electron chi connectivity index (χ0n) is 16.4. The molecule has 4 heteroatoms. The van der Waals surface area contributed by atoms with Gasteiger partial charge >= 0.3 is 5.97 Å². The Kier molecular flexibility index (Phi) is 12.6. The van der Waals surface area contributed by atoms with Crippen LogP contribution >= 0.6 is 0 Å². The van der Waals surface area contributed by atoms with E-state index in [-0.39, 0.29) is 17.9 Å². The van der Waals surface area contributed by atoms with Crippen molar-refractivity contribution in [3.8, 4) is 0 Å². The quantitative estimate of drug-likeness (QED) is 0.0972. The molecular weight excluding hydrogens is 328 g/mol. The lowest BCUT2D eigenvalue weighted by Crippen LogP contribution is -2.05. The molecule has 1 aliphatic heterocycles. The van der Waals surface area contributed by atoms with Crippen molar-refractivity contribution < 1.29 is 19.4 Å². The minimum absolute atomic E-state index is 0.115. The average molecular weight is 365 g/mol. The molecule has 1 fully saturated rings. The Balaban J connectivity index is 1.93. The molecule has 0 bridgehead atoms. The lowest BCUT2D eigenvalue weighted by Gasteiger charge is -2.01. The molecule has 0 aliphatic carbocycles.